The number of likely N-dealkylation sites (tertiary alicyclic amines) is 1. The van der Waals surface area contributed by atoms with Gasteiger partial charge in [0.1, 0.15) is 0 Å². The lowest BCUT2D eigenvalue weighted by Crippen LogP contribution is -2.68. The van der Waals surface area contributed by atoms with Gasteiger partial charge in [-0.25, -0.2) is 4.79 Å². The van der Waals surface area contributed by atoms with E-state index in [0.717, 1.165) is 0 Å². The van der Waals surface area contributed by atoms with Gasteiger partial charge in [0.05, 0.1) is 37.4 Å². The van der Waals surface area contributed by atoms with Gasteiger partial charge >= 0.3 is 11.9 Å². The molecule has 0 saturated carbocycles. The second-order valence-corrected chi connectivity index (χ2v) is 6.42. The summed E-state index contributed by atoms with van der Waals surface area (Å²) in [6, 6.07) is -3.38. The SMILES string of the molecule is NCC(=O)C1CCN(C(=O)C(N)CC(N)=O)C1(C(=O)O)C(=O)C(N)CC(=O)O. The largest absolute Gasteiger partial charge is 0.481 e. The standard InChI is InChI=1S/C15H23N5O8/c16-5-9(21)6-1-2-20(13(26)8(18)3-10(19)22)15(6,14(27)28)12(25)7(17)4-11(23)24/h6-8H,1-5,16-18H2,(H2,19,22)(H,23,24)(H,27,28). The molecule has 4 atom stereocenters. The number of carboxylic acid groups (broad SMARTS) is 2. The molecule has 1 aliphatic heterocycles. The highest BCUT2D eigenvalue weighted by molar-refractivity contribution is 6.17. The summed E-state index contributed by atoms with van der Waals surface area (Å²) in [5.41, 5.74) is 18.7. The van der Waals surface area contributed by atoms with Gasteiger partial charge < -0.3 is 38.0 Å². The molecule has 1 saturated heterocycles. The fourth-order valence-corrected chi connectivity index (χ4v) is 3.39. The Balaban J connectivity index is 3.53. The monoisotopic (exact) mass is 401 g/mol. The number of nitrogens with zero attached hydrogens (tertiary/aromatic N) is 1. The van der Waals surface area contributed by atoms with Crippen molar-refractivity contribution in [3.05, 3.63) is 0 Å². The normalized spacial score (nSPS) is 23.7. The molecule has 0 aliphatic carbocycles. The van der Waals surface area contributed by atoms with Crippen LogP contribution in [0.15, 0.2) is 0 Å². The van der Waals surface area contributed by atoms with Crippen LogP contribution in [0, 0.1) is 5.92 Å². The van der Waals surface area contributed by atoms with Crippen LogP contribution in [0.3, 0.4) is 0 Å². The number of carboxylic acids is 2. The molecule has 0 aromatic carbocycles. The predicted molar refractivity (Wildman–Crippen MR) is 91.3 cm³/mol. The van der Waals surface area contributed by atoms with Crippen molar-refractivity contribution in [2.24, 2.45) is 28.9 Å². The minimum absolute atomic E-state index is 0.233. The van der Waals surface area contributed by atoms with E-state index in [4.69, 9.17) is 28.0 Å². The fourth-order valence-electron chi connectivity index (χ4n) is 3.39. The van der Waals surface area contributed by atoms with Crippen LogP contribution in [0.1, 0.15) is 19.3 Å². The zero-order valence-corrected chi connectivity index (χ0v) is 14.9. The third-order valence-electron chi connectivity index (χ3n) is 4.60. The average Bonchev–Trinajstić information content (AvgIpc) is 2.99. The lowest BCUT2D eigenvalue weighted by atomic mass is 9.75. The minimum atomic E-state index is -2.78. The molecule has 2 amide bonds. The number of amides is 2. The number of aliphatic carboxylic acids is 2. The van der Waals surface area contributed by atoms with E-state index in [-0.39, 0.29) is 13.0 Å². The molecule has 0 spiro atoms. The van der Waals surface area contributed by atoms with E-state index in [9.17, 15) is 33.9 Å². The van der Waals surface area contributed by atoms with Crippen LogP contribution in [0.2, 0.25) is 0 Å². The third-order valence-corrected chi connectivity index (χ3v) is 4.60. The topological polar surface area (TPSA) is 250 Å². The molecule has 13 nitrogen and oxygen atoms in total. The van der Waals surface area contributed by atoms with Gasteiger partial charge in [0.2, 0.25) is 17.4 Å². The van der Waals surface area contributed by atoms with Crippen molar-refractivity contribution < 1.29 is 39.0 Å². The molecular formula is C15H23N5O8. The summed E-state index contributed by atoms with van der Waals surface area (Å²) in [5, 5.41) is 18.7. The predicted octanol–water partition coefficient (Wildman–Crippen LogP) is -4.24. The van der Waals surface area contributed by atoms with Crippen molar-refractivity contribution in [1.29, 1.82) is 0 Å². The first kappa shape index (κ1) is 23.1. The van der Waals surface area contributed by atoms with E-state index in [1.807, 2.05) is 0 Å². The van der Waals surface area contributed by atoms with Crippen molar-refractivity contribution >= 4 is 35.3 Å². The summed E-state index contributed by atoms with van der Waals surface area (Å²) in [7, 11) is 0. The van der Waals surface area contributed by atoms with Gasteiger partial charge in [-0.3, -0.25) is 24.0 Å². The first-order chi connectivity index (χ1) is 12.9. The number of carbonyl (C=O) groups excluding carboxylic acids is 4. The highest BCUT2D eigenvalue weighted by Crippen LogP contribution is 2.38. The lowest BCUT2D eigenvalue weighted by Gasteiger charge is -2.38. The van der Waals surface area contributed by atoms with Gasteiger partial charge in [0.15, 0.2) is 11.6 Å². The van der Waals surface area contributed by atoms with E-state index in [1.54, 1.807) is 0 Å². The Morgan fingerprint density at radius 2 is 1.61 bits per heavy atom. The zero-order chi connectivity index (χ0) is 21.8. The Hall–Kier alpha value is -2.90. The molecule has 10 N–H and O–H groups in total. The van der Waals surface area contributed by atoms with Crippen LogP contribution in [-0.2, 0) is 28.8 Å². The highest BCUT2D eigenvalue weighted by atomic mass is 16.4. The Morgan fingerprint density at radius 1 is 1.04 bits per heavy atom. The number of hydrogen-bond donors (Lipinski definition) is 6. The number of nitrogens with two attached hydrogens (primary N) is 4. The van der Waals surface area contributed by atoms with Gasteiger partial charge in [0.25, 0.3) is 0 Å². The quantitative estimate of drug-likeness (QED) is 0.191. The van der Waals surface area contributed by atoms with Crippen molar-refractivity contribution in [3.63, 3.8) is 0 Å². The number of primary amides is 1. The molecule has 1 rings (SSSR count). The molecule has 0 aromatic rings. The van der Waals surface area contributed by atoms with Gasteiger partial charge in [-0.05, 0) is 6.42 Å². The maximum absolute atomic E-state index is 12.9. The van der Waals surface area contributed by atoms with Crippen LogP contribution < -0.4 is 22.9 Å². The number of hydrogen-bond acceptors (Lipinski definition) is 9. The highest BCUT2D eigenvalue weighted by Gasteiger charge is 2.64. The van der Waals surface area contributed by atoms with Crippen molar-refractivity contribution in [2.45, 2.75) is 36.9 Å². The smallest absolute Gasteiger partial charge is 0.338 e. The van der Waals surface area contributed by atoms with E-state index in [1.165, 1.54) is 0 Å². The van der Waals surface area contributed by atoms with Gasteiger partial charge in [-0.1, -0.05) is 0 Å². The first-order valence-corrected chi connectivity index (χ1v) is 8.24. The van der Waals surface area contributed by atoms with Crippen LogP contribution in [-0.4, -0.2) is 81.1 Å². The summed E-state index contributed by atoms with van der Waals surface area (Å²) in [5.74, 6) is -9.11. The van der Waals surface area contributed by atoms with Crippen LogP contribution in [0.5, 0.6) is 0 Å². The first-order valence-electron chi connectivity index (χ1n) is 8.24. The maximum Gasteiger partial charge on any atom is 0.338 e. The average molecular weight is 401 g/mol. The van der Waals surface area contributed by atoms with E-state index < -0.39 is 78.2 Å². The van der Waals surface area contributed by atoms with Gasteiger partial charge in [-0.15, -0.1) is 0 Å². The van der Waals surface area contributed by atoms with Crippen LogP contribution >= 0.6 is 0 Å². The number of rotatable bonds is 10. The molecular weight excluding hydrogens is 378 g/mol. The molecule has 13 heteroatoms. The lowest BCUT2D eigenvalue weighted by molar-refractivity contribution is -0.167. The molecule has 28 heavy (non-hydrogen) atoms. The number of carbonyl (C=O) groups is 6. The molecule has 1 heterocycles. The van der Waals surface area contributed by atoms with Crippen molar-refractivity contribution in [2.75, 3.05) is 13.1 Å². The summed E-state index contributed by atoms with van der Waals surface area (Å²) < 4.78 is 0. The van der Waals surface area contributed by atoms with Gasteiger partial charge in [-0.2, -0.15) is 0 Å². The summed E-state index contributed by atoms with van der Waals surface area (Å²) >= 11 is 0. The summed E-state index contributed by atoms with van der Waals surface area (Å²) in [6.07, 6.45) is -1.79. The number of Topliss-reactive ketones (excluding diaryl/α,β-unsaturated/α-hetero) is 2. The van der Waals surface area contributed by atoms with Crippen molar-refractivity contribution in [1.82, 2.24) is 4.90 Å². The zero-order valence-electron chi connectivity index (χ0n) is 14.9. The van der Waals surface area contributed by atoms with Crippen LogP contribution in [0.25, 0.3) is 0 Å². The Bertz CT molecular complexity index is 711. The molecule has 0 aromatic heterocycles. The van der Waals surface area contributed by atoms with Crippen LogP contribution in [0.4, 0.5) is 0 Å². The van der Waals surface area contributed by atoms with E-state index >= 15 is 0 Å². The molecule has 1 aliphatic rings. The Kier molecular flexibility index (Phi) is 7.32. The molecule has 156 valence electrons. The second kappa shape index (κ2) is 8.86. The molecule has 1 fully saturated rings. The second-order valence-electron chi connectivity index (χ2n) is 6.42. The maximum atomic E-state index is 12.9. The fraction of sp³-hybridized carbons (Fsp3) is 0.600. The van der Waals surface area contributed by atoms with E-state index in [0.29, 0.717) is 4.90 Å². The molecule has 0 bridgehead atoms. The van der Waals surface area contributed by atoms with Crippen molar-refractivity contribution in [3.8, 4) is 0 Å². The number of ketones is 2. The Morgan fingerprint density at radius 3 is 2.04 bits per heavy atom. The minimum Gasteiger partial charge on any atom is -0.481 e. The molecule has 0 radical (unpaired) electrons. The van der Waals surface area contributed by atoms with Gasteiger partial charge in [0, 0.05) is 6.54 Å². The van der Waals surface area contributed by atoms with E-state index in [2.05, 4.69) is 0 Å². The summed E-state index contributed by atoms with van der Waals surface area (Å²) in [6.45, 7) is -0.976. The molecule has 4 unspecified atom stereocenters. The third kappa shape index (κ3) is 4.16. The Labute approximate surface area is 159 Å². The summed E-state index contributed by atoms with van der Waals surface area (Å²) in [4.78, 5) is 72.6.